The molecule has 0 aliphatic carbocycles. The van der Waals surface area contributed by atoms with Crippen LogP contribution in [0.2, 0.25) is 0 Å². The number of nitrogens with zero attached hydrogens (tertiary/aromatic N) is 2. The Morgan fingerprint density at radius 2 is 2.20 bits per heavy atom. The van der Waals surface area contributed by atoms with Crippen LogP contribution >= 0.6 is 0 Å². The average Bonchev–Trinajstić information content (AvgIpc) is 2.84. The Kier molecular flexibility index (Phi) is 4.88. The van der Waals surface area contributed by atoms with Crippen molar-refractivity contribution in [1.29, 1.82) is 0 Å². The Hall–Kier alpha value is -1.89. The van der Waals surface area contributed by atoms with Crippen molar-refractivity contribution >= 4 is 11.6 Å². The molecule has 0 aromatic carbocycles. The second-order valence-electron chi connectivity index (χ2n) is 5.37. The molecular formula is C13H21N3O4. The maximum Gasteiger partial charge on any atom is 0.287 e. The topological polar surface area (TPSA) is 97.4 Å². The van der Waals surface area contributed by atoms with Gasteiger partial charge in [0, 0.05) is 12.1 Å². The molecule has 7 heteroatoms. The van der Waals surface area contributed by atoms with E-state index in [2.05, 4.69) is 5.32 Å². The normalized spacial score (nSPS) is 14.1. The number of aliphatic hydroxyl groups excluding tert-OH is 1. The number of rotatable bonds is 6. The van der Waals surface area contributed by atoms with Crippen molar-refractivity contribution in [3.05, 3.63) is 28.1 Å². The Morgan fingerprint density at radius 3 is 2.60 bits per heavy atom. The number of carbonyl (C=O) groups excluding carboxylic acids is 1. The Bertz CT molecular complexity index is 504. The number of hydrogen-bond acceptors (Lipinski definition) is 4. The lowest BCUT2D eigenvalue weighted by atomic mass is 10.00. The zero-order valence-electron chi connectivity index (χ0n) is 12.2. The number of nitrogens with one attached hydrogen (secondary N) is 1. The van der Waals surface area contributed by atoms with E-state index in [0.29, 0.717) is 6.42 Å². The maximum absolute atomic E-state index is 12.3. The van der Waals surface area contributed by atoms with E-state index in [4.69, 9.17) is 0 Å². The minimum Gasteiger partial charge on any atom is -0.394 e. The SMILES string of the molecule is CCC(C)(CO)NC(=O)c1cc([N+](=O)[O-])cn1C(C)C. The molecule has 1 amide bonds. The molecule has 1 atom stereocenters. The number of aliphatic hydroxyl groups is 1. The van der Waals surface area contributed by atoms with Crippen LogP contribution in [0.3, 0.4) is 0 Å². The Balaban J connectivity index is 3.12. The summed E-state index contributed by atoms with van der Waals surface area (Å²) in [5.41, 5.74) is -0.635. The van der Waals surface area contributed by atoms with Gasteiger partial charge in [0.2, 0.25) is 0 Å². The van der Waals surface area contributed by atoms with Gasteiger partial charge in [0.05, 0.1) is 23.3 Å². The summed E-state index contributed by atoms with van der Waals surface area (Å²) in [5, 5.41) is 22.9. The van der Waals surface area contributed by atoms with Crippen LogP contribution in [0.15, 0.2) is 12.3 Å². The molecule has 0 saturated heterocycles. The van der Waals surface area contributed by atoms with Crippen LogP contribution in [0.25, 0.3) is 0 Å². The van der Waals surface area contributed by atoms with Gasteiger partial charge in [-0.25, -0.2) is 0 Å². The van der Waals surface area contributed by atoms with E-state index in [1.165, 1.54) is 12.3 Å². The van der Waals surface area contributed by atoms with Crippen LogP contribution in [0, 0.1) is 10.1 Å². The zero-order chi connectivity index (χ0) is 15.5. The molecule has 20 heavy (non-hydrogen) atoms. The van der Waals surface area contributed by atoms with Gasteiger partial charge in [-0.15, -0.1) is 0 Å². The minimum atomic E-state index is -0.738. The number of carbonyl (C=O) groups is 1. The fourth-order valence-electron chi connectivity index (χ4n) is 1.75. The van der Waals surface area contributed by atoms with Gasteiger partial charge in [-0.2, -0.15) is 0 Å². The standard InChI is InChI=1S/C13H21N3O4/c1-5-13(4,8-17)14-12(18)11-6-10(16(19)20)7-15(11)9(2)3/h6-7,9,17H,5,8H2,1-4H3,(H,14,18). The average molecular weight is 283 g/mol. The highest BCUT2D eigenvalue weighted by Gasteiger charge is 2.27. The second-order valence-corrected chi connectivity index (χ2v) is 5.37. The quantitative estimate of drug-likeness (QED) is 0.615. The highest BCUT2D eigenvalue weighted by Crippen LogP contribution is 2.21. The van der Waals surface area contributed by atoms with Crippen molar-refractivity contribution in [2.45, 2.75) is 45.7 Å². The lowest BCUT2D eigenvalue weighted by molar-refractivity contribution is -0.384. The molecule has 0 aliphatic heterocycles. The van der Waals surface area contributed by atoms with Gasteiger partial charge in [0.15, 0.2) is 0 Å². The Labute approximate surface area is 117 Å². The van der Waals surface area contributed by atoms with Crippen LogP contribution in [-0.4, -0.2) is 32.6 Å². The summed E-state index contributed by atoms with van der Waals surface area (Å²) >= 11 is 0. The van der Waals surface area contributed by atoms with Crippen LogP contribution in [0.4, 0.5) is 5.69 Å². The summed E-state index contributed by atoms with van der Waals surface area (Å²) < 4.78 is 1.56. The van der Waals surface area contributed by atoms with E-state index in [-0.39, 0.29) is 24.0 Å². The van der Waals surface area contributed by atoms with Gasteiger partial charge in [-0.05, 0) is 27.2 Å². The van der Waals surface area contributed by atoms with Crippen molar-refractivity contribution in [1.82, 2.24) is 9.88 Å². The molecule has 7 nitrogen and oxygen atoms in total. The van der Waals surface area contributed by atoms with Crippen LogP contribution < -0.4 is 5.32 Å². The monoisotopic (exact) mass is 283 g/mol. The van der Waals surface area contributed by atoms with Gasteiger partial charge in [-0.3, -0.25) is 14.9 Å². The van der Waals surface area contributed by atoms with E-state index in [9.17, 15) is 20.0 Å². The molecule has 0 saturated carbocycles. The van der Waals surface area contributed by atoms with Crippen molar-refractivity contribution < 1.29 is 14.8 Å². The molecule has 2 N–H and O–H groups in total. The van der Waals surface area contributed by atoms with Gasteiger partial charge < -0.3 is 15.0 Å². The smallest absolute Gasteiger partial charge is 0.287 e. The van der Waals surface area contributed by atoms with Crippen LogP contribution in [0.5, 0.6) is 0 Å². The number of nitro groups is 1. The first-order valence-corrected chi connectivity index (χ1v) is 6.53. The predicted octanol–water partition coefficient (Wildman–Crippen LogP) is 1.87. The van der Waals surface area contributed by atoms with Crippen molar-refractivity contribution in [2.75, 3.05) is 6.61 Å². The highest BCUT2D eigenvalue weighted by molar-refractivity contribution is 5.94. The lowest BCUT2D eigenvalue weighted by Crippen LogP contribution is -2.48. The number of amides is 1. The molecule has 0 bridgehead atoms. The molecular weight excluding hydrogens is 262 g/mol. The van der Waals surface area contributed by atoms with Crippen molar-refractivity contribution in [3.8, 4) is 0 Å². The molecule has 1 aromatic heterocycles. The molecule has 1 rings (SSSR count). The van der Waals surface area contributed by atoms with Crippen LogP contribution in [-0.2, 0) is 0 Å². The first-order valence-electron chi connectivity index (χ1n) is 6.53. The highest BCUT2D eigenvalue weighted by atomic mass is 16.6. The molecule has 1 aromatic rings. The van der Waals surface area contributed by atoms with E-state index in [0.717, 1.165) is 0 Å². The zero-order valence-corrected chi connectivity index (χ0v) is 12.2. The predicted molar refractivity (Wildman–Crippen MR) is 74.7 cm³/mol. The molecule has 0 fully saturated rings. The number of aromatic nitrogens is 1. The third-order valence-corrected chi connectivity index (χ3v) is 3.38. The molecule has 1 unspecified atom stereocenters. The molecule has 0 radical (unpaired) electrons. The summed E-state index contributed by atoms with van der Waals surface area (Å²) in [6.45, 7) is 7.05. The second kappa shape index (κ2) is 6.04. The van der Waals surface area contributed by atoms with Crippen molar-refractivity contribution in [3.63, 3.8) is 0 Å². The third-order valence-electron chi connectivity index (χ3n) is 3.38. The van der Waals surface area contributed by atoms with Gasteiger partial charge in [0.25, 0.3) is 11.6 Å². The molecule has 1 heterocycles. The number of hydrogen-bond donors (Lipinski definition) is 2. The largest absolute Gasteiger partial charge is 0.394 e. The van der Waals surface area contributed by atoms with Gasteiger partial charge in [-0.1, -0.05) is 6.92 Å². The van der Waals surface area contributed by atoms with E-state index >= 15 is 0 Å². The lowest BCUT2D eigenvalue weighted by Gasteiger charge is -2.27. The first-order chi connectivity index (χ1) is 9.24. The van der Waals surface area contributed by atoms with Gasteiger partial charge >= 0.3 is 0 Å². The maximum atomic E-state index is 12.3. The van der Waals surface area contributed by atoms with E-state index in [1.807, 2.05) is 20.8 Å². The van der Waals surface area contributed by atoms with Crippen molar-refractivity contribution in [2.24, 2.45) is 0 Å². The molecule has 112 valence electrons. The van der Waals surface area contributed by atoms with E-state index in [1.54, 1.807) is 11.5 Å². The van der Waals surface area contributed by atoms with E-state index < -0.39 is 16.4 Å². The Morgan fingerprint density at radius 1 is 1.60 bits per heavy atom. The van der Waals surface area contributed by atoms with Crippen LogP contribution in [0.1, 0.15) is 50.6 Å². The summed E-state index contributed by atoms with van der Waals surface area (Å²) in [7, 11) is 0. The molecule has 0 spiro atoms. The molecule has 0 aliphatic rings. The summed E-state index contributed by atoms with van der Waals surface area (Å²) in [6.07, 6.45) is 1.90. The fraction of sp³-hybridized carbons (Fsp3) is 0.615. The van der Waals surface area contributed by atoms with Gasteiger partial charge in [0.1, 0.15) is 5.69 Å². The summed E-state index contributed by atoms with van der Waals surface area (Å²) in [5.74, 6) is -0.426. The third kappa shape index (κ3) is 3.36. The minimum absolute atomic E-state index is 0.0774. The first kappa shape index (κ1) is 16.2. The summed E-state index contributed by atoms with van der Waals surface area (Å²) in [4.78, 5) is 22.6. The summed E-state index contributed by atoms with van der Waals surface area (Å²) in [6, 6.07) is 1.18. The fourth-order valence-corrected chi connectivity index (χ4v) is 1.75.